The maximum atomic E-state index is 12.8. The molecule has 0 fully saturated rings. The molecular weight excluding hydrogens is 223 g/mol. The number of rotatable bonds is 2. The molecule has 0 bridgehead atoms. The molecule has 0 aliphatic rings. The minimum absolute atomic E-state index is 0.133. The number of hydrogen-bond acceptors (Lipinski definition) is 4. The van der Waals surface area contributed by atoms with Crippen LogP contribution in [0.2, 0.25) is 0 Å². The second kappa shape index (κ2) is 4.56. The van der Waals surface area contributed by atoms with Crippen LogP contribution < -0.4 is 11.1 Å². The summed E-state index contributed by atoms with van der Waals surface area (Å²) in [4.78, 5) is 19.0. The molecule has 1 amide bonds. The smallest absolute Gasteiger partial charge is 0.275 e. The average Bonchev–Trinajstić information content (AvgIpc) is 2.29. The Labute approximate surface area is 96.5 Å². The van der Waals surface area contributed by atoms with E-state index >= 15 is 0 Å². The van der Waals surface area contributed by atoms with Crippen LogP contribution in [0.15, 0.2) is 36.5 Å². The molecule has 0 aliphatic heterocycles. The number of amides is 1. The van der Waals surface area contributed by atoms with E-state index in [0.29, 0.717) is 5.69 Å². The Balaban J connectivity index is 2.14. The van der Waals surface area contributed by atoms with Gasteiger partial charge in [-0.05, 0) is 24.3 Å². The number of nitrogens with zero attached hydrogens (tertiary/aromatic N) is 2. The molecule has 2 aromatic rings. The van der Waals surface area contributed by atoms with Crippen molar-refractivity contribution in [2.45, 2.75) is 0 Å². The molecule has 6 heteroatoms. The second-order valence-corrected chi connectivity index (χ2v) is 3.28. The van der Waals surface area contributed by atoms with Crippen LogP contribution in [0, 0.1) is 5.95 Å². The van der Waals surface area contributed by atoms with Crippen molar-refractivity contribution in [2.75, 3.05) is 11.1 Å². The molecular formula is C11H9FN4O. The third-order valence-corrected chi connectivity index (χ3v) is 1.98. The summed E-state index contributed by atoms with van der Waals surface area (Å²) in [5, 5.41) is 2.43. The SMILES string of the molecule is Nc1ccc(C(=O)Nc2cccc(F)n2)nc1. The normalized spacial score (nSPS) is 9.94. The van der Waals surface area contributed by atoms with Crippen LogP contribution in [0.25, 0.3) is 0 Å². The van der Waals surface area contributed by atoms with Crippen molar-refractivity contribution < 1.29 is 9.18 Å². The van der Waals surface area contributed by atoms with Gasteiger partial charge in [0, 0.05) is 0 Å². The van der Waals surface area contributed by atoms with Crippen molar-refractivity contribution in [1.29, 1.82) is 0 Å². The molecule has 0 unspecified atom stereocenters. The summed E-state index contributed by atoms with van der Waals surface area (Å²) in [6.07, 6.45) is 1.37. The lowest BCUT2D eigenvalue weighted by Gasteiger charge is -2.03. The van der Waals surface area contributed by atoms with E-state index < -0.39 is 11.9 Å². The van der Waals surface area contributed by atoms with Gasteiger partial charge in [0.25, 0.3) is 5.91 Å². The van der Waals surface area contributed by atoms with Gasteiger partial charge in [-0.2, -0.15) is 4.39 Å². The molecule has 0 aliphatic carbocycles. The van der Waals surface area contributed by atoms with Crippen molar-refractivity contribution in [3.8, 4) is 0 Å². The summed E-state index contributed by atoms with van der Waals surface area (Å²) in [5.74, 6) is -0.996. The van der Waals surface area contributed by atoms with Gasteiger partial charge in [-0.3, -0.25) is 4.79 Å². The number of aromatic nitrogens is 2. The van der Waals surface area contributed by atoms with Gasteiger partial charge in [0.2, 0.25) is 5.95 Å². The third-order valence-electron chi connectivity index (χ3n) is 1.98. The zero-order chi connectivity index (χ0) is 12.3. The lowest BCUT2D eigenvalue weighted by atomic mass is 10.3. The van der Waals surface area contributed by atoms with E-state index in [1.165, 1.54) is 30.5 Å². The van der Waals surface area contributed by atoms with Gasteiger partial charge >= 0.3 is 0 Å². The van der Waals surface area contributed by atoms with E-state index in [2.05, 4.69) is 15.3 Å². The van der Waals surface area contributed by atoms with Crippen LogP contribution in [0.3, 0.4) is 0 Å². The van der Waals surface area contributed by atoms with E-state index in [0.717, 1.165) is 0 Å². The van der Waals surface area contributed by atoms with E-state index in [4.69, 9.17) is 5.73 Å². The van der Waals surface area contributed by atoms with Crippen LogP contribution in [-0.2, 0) is 0 Å². The van der Waals surface area contributed by atoms with Gasteiger partial charge in [0.05, 0.1) is 11.9 Å². The zero-order valence-corrected chi connectivity index (χ0v) is 8.72. The minimum Gasteiger partial charge on any atom is -0.397 e. The van der Waals surface area contributed by atoms with Crippen molar-refractivity contribution in [2.24, 2.45) is 0 Å². The zero-order valence-electron chi connectivity index (χ0n) is 8.72. The lowest BCUT2D eigenvalue weighted by molar-refractivity contribution is 0.102. The highest BCUT2D eigenvalue weighted by Gasteiger charge is 2.08. The van der Waals surface area contributed by atoms with Gasteiger partial charge in [0.15, 0.2) is 0 Å². The quantitative estimate of drug-likeness (QED) is 0.768. The van der Waals surface area contributed by atoms with E-state index in [1.54, 1.807) is 6.07 Å². The summed E-state index contributed by atoms with van der Waals surface area (Å²) in [6.45, 7) is 0. The van der Waals surface area contributed by atoms with Gasteiger partial charge < -0.3 is 11.1 Å². The number of carbonyl (C=O) groups excluding carboxylic acids is 1. The summed E-state index contributed by atoms with van der Waals surface area (Å²) in [5.41, 5.74) is 6.09. The largest absolute Gasteiger partial charge is 0.397 e. The van der Waals surface area contributed by atoms with Crippen LogP contribution in [0.4, 0.5) is 15.9 Å². The molecule has 5 nitrogen and oxygen atoms in total. The Morgan fingerprint density at radius 2 is 2.12 bits per heavy atom. The number of halogens is 1. The number of carbonyl (C=O) groups is 1. The predicted molar refractivity (Wildman–Crippen MR) is 60.8 cm³/mol. The summed E-state index contributed by atoms with van der Waals surface area (Å²) >= 11 is 0. The van der Waals surface area contributed by atoms with E-state index in [9.17, 15) is 9.18 Å². The molecule has 2 heterocycles. The summed E-state index contributed by atoms with van der Waals surface area (Å²) in [6, 6.07) is 7.16. The third kappa shape index (κ3) is 2.75. The van der Waals surface area contributed by atoms with Gasteiger partial charge in [-0.25, -0.2) is 9.97 Å². The highest BCUT2D eigenvalue weighted by molar-refractivity contribution is 6.02. The number of nitrogens with one attached hydrogen (secondary N) is 1. The number of nitrogens with two attached hydrogens (primary N) is 1. The molecule has 0 aromatic carbocycles. The fraction of sp³-hybridized carbons (Fsp3) is 0. The molecule has 86 valence electrons. The van der Waals surface area contributed by atoms with Crippen molar-refractivity contribution in [3.63, 3.8) is 0 Å². The maximum Gasteiger partial charge on any atom is 0.275 e. The molecule has 3 N–H and O–H groups in total. The summed E-state index contributed by atoms with van der Waals surface area (Å²) < 4.78 is 12.8. The van der Waals surface area contributed by atoms with Crippen molar-refractivity contribution >= 4 is 17.4 Å². The highest BCUT2D eigenvalue weighted by Crippen LogP contribution is 2.07. The first-order valence-corrected chi connectivity index (χ1v) is 4.80. The van der Waals surface area contributed by atoms with Crippen LogP contribution >= 0.6 is 0 Å². The maximum absolute atomic E-state index is 12.8. The first-order chi connectivity index (χ1) is 8.15. The highest BCUT2D eigenvalue weighted by atomic mass is 19.1. The monoisotopic (exact) mass is 232 g/mol. The van der Waals surface area contributed by atoms with Gasteiger partial charge in [-0.15, -0.1) is 0 Å². The number of hydrogen-bond donors (Lipinski definition) is 2. The van der Waals surface area contributed by atoms with Crippen LogP contribution in [-0.4, -0.2) is 15.9 Å². The number of anilines is 2. The second-order valence-electron chi connectivity index (χ2n) is 3.28. The predicted octanol–water partition coefficient (Wildman–Crippen LogP) is 1.45. The van der Waals surface area contributed by atoms with E-state index in [1.807, 2.05) is 0 Å². The van der Waals surface area contributed by atoms with Gasteiger partial charge in [-0.1, -0.05) is 6.07 Å². The fourth-order valence-electron chi connectivity index (χ4n) is 1.20. The Morgan fingerprint density at radius 1 is 1.29 bits per heavy atom. The van der Waals surface area contributed by atoms with Crippen molar-refractivity contribution in [3.05, 3.63) is 48.2 Å². The van der Waals surface area contributed by atoms with Crippen LogP contribution in [0.1, 0.15) is 10.5 Å². The lowest BCUT2D eigenvalue weighted by Crippen LogP contribution is -2.14. The molecule has 0 saturated heterocycles. The van der Waals surface area contributed by atoms with Crippen molar-refractivity contribution in [1.82, 2.24) is 9.97 Å². The Kier molecular flexibility index (Phi) is 2.95. The Morgan fingerprint density at radius 3 is 2.76 bits per heavy atom. The topological polar surface area (TPSA) is 80.9 Å². The molecule has 2 aromatic heterocycles. The molecule has 0 atom stereocenters. The number of pyridine rings is 2. The minimum atomic E-state index is -0.659. The Bertz CT molecular complexity index is 541. The van der Waals surface area contributed by atoms with E-state index in [-0.39, 0.29) is 11.5 Å². The average molecular weight is 232 g/mol. The molecule has 0 radical (unpaired) electrons. The molecule has 0 saturated carbocycles. The first-order valence-electron chi connectivity index (χ1n) is 4.80. The first kappa shape index (κ1) is 11.0. The molecule has 0 spiro atoms. The van der Waals surface area contributed by atoms with Crippen LogP contribution in [0.5, 0.6) is 0 Å². The van der Waals surface area contributed by atoms with Gasteiger partial charge in [0.1, 0.15) is 11.5 Å². The molecule has 17 heavy (non-hydrogen) atoms. The number of nitrogen functional groups attached to an aromatic ring is 1. The Hall–Kier alpha value is -2.50. The molecule has 2 rings (SSSR count). The fourth-order valence-corrected chi connectivity index (χ4v) is 1.20. The summed E-state index contributed by atoms with van der Waals surface area (Å²) in [7, 11) is 0. The standard InChI is InChI=1S/C11H9FN4O/c12-9-2-1-3-10(15-9)16-11(17)8-5-4-7(13)6-14-8/h1-6H,13H2,(H,15,16,17).